The number of carbonyl (C=O) groups excluding carboxylic acids is 1. The summed E-state index contributed by atoms with van der Waals surface area (Å²) in [6, 6.07) is 12.3. The summed E-state index contributed by atoms with van der Waals surface area (Å²) in [6.45, 7) is 4.82. The molecule has 3 aromatic rings. The van der Waals surface area contributed by atoms with Gasteiger partial charge in [-0.15, -0.1) is 0 Å². The fourth-order valence-corrected chi connectivity index (χ4v) is 5.22. The Morgan fingerprint density at radius 1 is 1.23 bits per heavy atom. The molecule has 1 fully saturated rings. The van der Waals surface area contributed by atoms with Crippen LogP contribution in [0.3, 0.4) is 0 Å². The van der Waals surface area contributed by atoms with Crippen molar-refractivity contribution >= 4 is 38.4 Å². The van der Waals surface area contributed by atoms with E-state index in [4.69, 9.17) is 11.6 Å². The molecule has 30 heavy (non-hydrogen) atoms. The Balaban J connectivity index is 1.65. The summed E-state index contributed by atoms with van der Waals surface area (Å²) < 4.78 is 26.7. The van der Waals surface area contributed by atoms with Gasteiger partial charge in [-0.05, 0) is 50.1 Å². The Bertz CT molecular complexity index is 1220. The smallest absolute Gasteiger partial charge is 0.255 e. The number of imidazole rings is 1. The predicted octanol–water partition coefficient (Wildman–Crippen LogP) is 4.10. The average Bonchev–Trinajstić information content (AvgIpc) is 3.32. The molecule has 0 unspecified atom stereocenters. The highest BCUT2D eigenvalue weighted by molar-refractivity contribution is 7.91. The molecular weight excluding hydrogens is 422 g/mol. The number of benzene rings is 2. The number of fused-ring (bicyclic) bond motifs is 1. The molecule has 0 aliphatic carbocycles. The van der Waals surface area contributed by atoms with Crippen LogP contribution in [0.1, 0.15) is 35.9 Å². The van der Waals surface area contributed by atoms with E-state index in [2.05, 4.69) is 9.55 Å². The minimum atomic E-state index is -3.42. The number of carbonyl (C=O) groups is 1. The van der Waals surface area contributed by atoms with Gasteiger partial charge < -0.3 is 9.47 Å². The third kappa shape index (κ3) is 3.72. The van der Waals surface area contributed by atoms with Crippen LogP contribution in [0, 0.1) is 6.92 Å². The van der Waals surface area contributed by atoms with Crippen molar-refractivity contribution in [2.75, 3.05) is 12.3 Å². The number of aryl methyl sites for hydroxylation is 1. The number of hydrogen-bond donors (Lipinski definition) is 0. The SMILES string of the molecule is CCS(=O)(=O)c1ccc(Cl)c(C(=O)N2CCC[C@@H]2Cn2c(C)nc3ccccc32)c1. The number of halogens is 1. The summed E-state index contributed by atoms with van der Waals surface area (Å²) in [5.74, 6) is 0.656. The summed E-state index contributed by atoms with van der Waals surface area (Å²) in [7, 11) is -3.42. The molecule has 0 N–H and O–H groups in total. The molecule has 2 heterocycles. The van der Waals surface area contributed by atoms with E-state index >= 15 is 0 Å². The number of likely N-dealkylation sites (tertiary alicyclic amines) is 1. The normalized spacial score (nSPS) is 17.0. The fourth-order valence-electron chi connectivity index (χ4n) is 4.11. The van der Waals surface area contributed by atoms with E-state index in [9.17, 15) is 13.2 Å². The lowest BCUT2D eigenvalue weighted by Gasteiger charge is -2.26. The Morgan fingerprint density at radius 3 is 2.77 bits per heavy atom. The van der Waals surface area contributed by atoms with Crippen molar-refractivity contribution in [3.05, 3.63) is 58.9 Å². The zero-order valence-electron chi connectivity index (χ0n) is 17.0. The molecule has 0 radical (unpaired) electrons. The maximum Gasteiger partial charge on any atom is 0.255 e. The van der Waals surface area contributed by atoms with E-state index < -0.39 is 9.84 Å². The Morgan fingerprint density at radius 2 is 2.00 bits per heavy atom. The molecule has 0 bridgehead atoms. The minimum absolute atomic E-state index is 0.00342. The van der Waals surface area contributed by atoms with E-state index in [1.807, 2.05) is 36.1 Å². The Hall–Kier alpha value is -2.38. The van der Waals surface area contributed by atoms with Gasteiger partial charge in [0.25, 0.3) is 5.91 Å². The number of para-hydroxylation sites is 2. The van der Waals surface area contributed by atoms with Gasteiger partial charge in [-0.1, -0.05) is 30.7 Å². The third-order valence-corrected chi connectivity index (χ3v) is 7.85. The molecule has 6 nitrogen and oxygen atoms in total. The monoisotopic (exact) mass is 445 g/mol. The predicted molar refractivity (Wildman–Crippen MR) is 118 cm³/mol. The van der Waals surface area contributed by atoms with Gasteiger partial charge in [-0.3, -0.25) is 4.79 Å². The number of rotatable bonds is 5. The maximum absolute atomic E-state index is 13.3. The van der Waals surface area contributed by atoms with Crippen molar-refractivity contribution in [3.63, 3.8) is 0 Å². The van der Waals surface area contributed by atoms with Gasteiger partial charge in [-0.2, -0.15) is 0 Å². The van der Waals surface area contributed by atoms with Crippen LogP contribution in [0.4, 0.5) is 0 Å². The van der Waals surface area contributed by atoms with Crippen molar-refractivity contribution in [1.29, 1.82) is 0 Å². The van der Waals surface area contributed by atoms with Gasteiger partial charge in [0.05, 0.1) is 38.3 Å². The van der Waals surface area contributed by atoms with Gasteiger partial charge in [0.1, 0.15) is 5.82 Å². The molecule has 4 rings (SSSR count). The average molecular weight is 446 g/mol. The lowest BCUT2D eigenvalue weighted by molar-refractivity contribution is 0.0724. The molecule has 1 atom stereocenters. The standard InChI is InChI=1S/C22H24ClN3O3S/c1-3-30(28,29)17-10-11-19(23)18(13-17)22(27)25-12-6-7-16(25)14-26-15(2)24-20-8-4-5-9-21(20)26/h4-5,8-11,13,16H,3,6-7,12,14H2,1-2H3/t16-/m1/s1. The van der Waals surface area contributed by atoms with Crippen LogP contribution in [-0.2, 0) is 16.4 Å². The second kappa shape index (κ2) is 8.04. The highest BCUT2D eigenvalue weighted by atomic mass is 35.5. The molecule has 1 amide bonds. The zero-order valence-corrected chi connectivity index (χ0v) is 18.6. The lowest BCUT2D eigenvalue weighted by Crippen LogP contribution is -2.38. The second-order valence-electron chi connectivity index (χ2n) is 7.60. The van der Waals surface area contributed by atoms with Crippen molar-refractivity contribution in [2.45, 2.75) is 44.2 Å². The van der Waals surface area contributed by atoms with Crippen LogP contribution in [-0.4, -0.2) is 47.1 Å². The van der Waals surface area contributed by atoms with E-state index in [1.165, 1.54) is 18.2 Å². The maximum atomic E-state index is 13.3. The van der Waals surface area contributed by atoms with Crippen LogP contribution in [0.2, 0.25) is 5.02 Å². The van der Waals surface area contributed by atoms with Crippen molar-refractivity contribution in [1.82, 2.24) is 14.5 Å². The van der Waals surface area contributed by atoms with Crippen molar-refractivity contribution in [3.8, 4) is 0 Å². The summed E-state index contributed by atoms with van der Waals surface area (Å²) >= 11 is 6.30. The van der Waals surface area contributed by atoms with Gasteiger partial charge in [-0.25, -0.2) is 13.4 Å². The molecule has 1 saturated heterocycles. The third-order valence-electron chi connectivity index (χ3n) is 5.78. The lowest BCUT2D eigenvalue weighted by atomic mass is 10.1. The van der Waals surface area contributed by atoms with Gasteiger partial charge >= 0.3 is 0 Å². The van der Waals surface area contributed by atoms with Gasteiger partial charge in [0.15, 0.2) is 9.84 Å². The molecule has 158 valence electrons. The summed E-state index contributed by atoms with van der Waals surface area (Å²) in [5, 5.41) is 0.268. The summed E-state index contributed by atoms with van der Waals surface area (Å²) in [4.78, 5) is 19.9. The molecule has 1 aliphatic heterocycles. The van der Waals surface area contributed by atoms with E-state index in [0.717, 1.165) is 29.7 Å². The molecule has 8 heteroatoms. The molecule has 1 aromatic heterocycles. The quantitative estimate of drug-likeness (QED) is 0.592. The number of sulfone groups is 1. The molecule has 0 saturated carbocycles. The number of amides is 1. The highest BCUT2D eigenvalue weighted by Crippen LogP contribution is 2.28. The molecule has 2 aromatic carbocycles. The van der Waals surface area contributed by atoms with E-state index in [-0.39, 0.29) is 33.2 Å². The first-order chi connectivity index (χ1) is 14.3. The first-order valence-corrected chi connectivity index (χ1v) is 12.1. The van der Waals surface area contributed by atoms with E-state index in [1.54, 1.807) is 6.92 Å². The van der Waals surface area contributed by atoms with Gasteiger partial charge in [0.2, 0.25) is 0 Å². The first kappa shape index (κ1) is 20.9. The fraction of sp³-hybridized carbons (Fsp3) is 0.364. The van der Waals surface area contributed by atoms with Crippen LogP contribution < -0.4 is 0 Å². The molecular formula is C22H24ClN3O3S. The minimum Gasteiger partial charge on any atom is -0.334 e. The number of nitrogens with zero attached hydrogens (tertiary/aromatic N) is 3. The van der Waals surface area contributed by atoms with E-state index in [0.29, 0.717) is 13.1 Å². The van der Waals surface area contributed by atoms with Crippen LogP contribution in [0.15, 0.2) is 47.4 Å². The summed E-state index contributed by atoms with van der Waals surface area (Å²) in [5.41, 5.74) is 2.22. The zero-order chi connectivity index (χ0) is 21.5. The summed E-state index contributed by atoms with van der Waals surface area (Å²) in [6.07, 6.45) is 1.77. The van der Waals surface area contributed by atoms with Crippen LogP contribution >= 0.6 is 11.6 Å². The molecule has 1 aliphatic rings. The number of hydrogen-bond acceptors (Lipinski definition) is 4. The largest absolute Gasteiger partial charge is 0.334 e. The first-order valence-electron chi connectivity index (χ1n) is 10.1. The molecule has 0 spiro atoms. The Labute approximate surface area is 181 Å². The van der Waals surface area contributed by atoms with Crippen LogP contribution in [0.25, 0.3) is 11.0 Å². The highest BCUT2D eigenvalue weighted by Gasteiger charge is 2.32. The topological polar surface area (TPSA) is 72.3 Å². The van der Waals surface area contributed by atoms with Gasteiger partial charge in [0, 0.05) is 13.1 Å². The van der Waals surface area contributed by atoms with Crippen molar-refractivity contribution < 1.29 is 13.2 Å². The van der Waals surface area contributed by atoms with Crippen LogP contribution in [0.5, 0.6) is 0 Å². The second-order valence-corrected chi connectivity index (χ2v) is 10.3. The Kier molecular flexibility index (Phi) is 5.59. The van der Waals surface area contributed by atoms with Crippen molar-refractivity contribution in [2.24, 2.45) is 0 Å². The number of aromatic nitrogens is 2.